The average molecular weight is 355 g/mol. The molecule has 24 heavy (non-hydrogen) atoms. The van der Waals surface area contributed by atoms with Crippen molar-refractivity contribution in [2.24, 2.45) is 0 Å². The number of piperazine rings is 1. The summed E-state index contributed by atoms with van der Waals surface area (Å²) in [6.45, 7) is 9.74. The predicted molar refractivity (Wildman–Crippen MR) is 83.7 cm³/mol. The van der Waals surface area contributed by atoms with Crippen molar-refractivity contribution in [1.29, 1.82) is 0 Å². The molecule has 0 aromatic rings. The number of nitrogens with zero attached hydrogens (tertiary/aromatic N) is 2. The van der Waals surface area contributed by atoms with Crippen LogP contribution in [0.15, 0.2) is 0 Å². The number of amides is 1. The van der Waals surface area contributed by atoms with Crippen LogP contribution in [0.2, 0.25) is 0 Å². The maximum atomic E-state index is 12.1. The molecule has 6 nitrogen and oxygen atoms in total. The van der Waals surface area contributed by atoms with Gasteiger partial charge < -0.3 is 15.2 Å². The minimum atomic E-state index is -4.83. The van der Waals surface area contributed by atoms with Gasteiger partial charge in [0.15, 0.2) is 0 Å². The molecule has 142 valence electrons. The van der Waals surface area contributed by atoms with Crippen molar-refractivity contribution in [3.05, 3.63) is 0 Å². The monoisotopic (exact) mass is 355 g/mol. The van der Waals surface area contributed by atoms with Crippen LogP contribution < -0.4 is 5.32 Å². The second-order valence-corrected chi connectivity index (χ2v) is 6.97. The summed E-state index contributed by atoms with van der Waals surface area (Å²) < 4.78 is 41.7. The van der Waals surface area contributed by atoms with Crippen LogP contribution >= 0.6 is 0 Å². The van der Waals surface area contributed by atoms with E-state index in [1.807, 2.05) is 31.0 Å². The standard InChI is InChI=1S/C15H28F3N3O3/c1-14(2,3)24-11-12(22)10-21-8-6-20(7-9-21)5-4-19-13(23)15(16,17)18/h12,22H,4-11H2,1-3H3,(H,19,23)/t12-/m1/s1. The van der Waals surface area contributed by atoms with Crippen LogP contribution in [0.1, 0.15) is 20.8 Å². The Kier molecular flexibility index (Phi) is 7.91. The topological polar surface area (TPSA) is 65.0 Å². The zero-order valence-electron chi connectivity index (χ0n) is 14.5. The molecule has 2 N–H and O–H groups in total. The maximum absolute atomic E-state index is 12.1. The first kappa shape index (κ1) is 21.1. The van der Waals surface area contributed by atoms with Crippen molar-refractivity contribution in [2.45, 2.75) is 38.7 Å². The van der Waals surface area contributed by atoms with E-state index in [0.29, 0.717) is 26.2 Å². The summed E-state index contributed by atoms with van der Waals surface area (Å²) in [5, 5.41) is 11.8. The van der Waals surface area contributed by atoms with Crippen LogP contribution in [0.5, 0.6) is 0 Å². The highest BCUT2D eigenvalue weighted by Crippen LogP contribution is 2.14. The quantitative estimate of drug-likeness (QED) is 0.695. The minimum absolute atomic E-state index is 0.0274. The van der Waals surface area contributed by atoms with E-state index in [0.717, 1.165) is 13.1 Å². The molecule has 1 amide bonds. The van der Waals surface area contributed by atoms with Gasteiger partial charge in [-0.05, 0) is 20.8 Å². The van der Waals surface area contributed by atoms with Crippen LogP contribution in [0.25, 0.3) is 0 Å². The molecule has 0 aliphatic carbocycles. The second kappa shape index (κ2) is 8.98. The summed E-state index contributed by atoms with van der Waals surface area (Å²) in [6.07, 6.45) is -5.40. The van der Waals surface area contributed by atoms with E-state index in [-0.39, 0.29) is 18.8 Å². The Morgan fingerprint density at radius 2 is 1.71 bits per heavy atom. The summed E-state index contributed by atoms with van der Waals surface area (Å²) >= 11 is 0. The van der Waals surface area contributed by atoms with Gasteiger partial charge in [-0.1, -0.05) is 0 Å². The minimum Gasteiger partial charge on any atom is -0.389 e. The van der Waals surface area contributed by atoms with Gasteiger partial charge in [0.25, 0.3) is 0 Å². The lowest BCUT2D eigenvalue weighted by atomic mass is 10.2. The van der Waals surface area contributed by atoms with E-state index >= 15 is 0 Å². The Morgan fingerprint density at radius 3 is 2.21 bits per heavy atom. The molecule has 1 aliphatic heterocycles. The second-order valence-electron chi connectivity index (χ2n) is 6.97. The fourth-order valence-corrected chi connectivity index (χ4v) is 2.32. The van der Waals surface area contributed by atoms with Gasteiger partial charge >= 0.3 is 12.1 Å². The SMILES string of the molecule is CC(C)(C)OC[C@H](O)CN1CCN(CCNC(=O)C(F)(F)F)CC1. The number of aliphatic hydroxyl groups is 1. The van der Waals surface area contributed by atoms with E-state index in [9.17, 15) is 23.1 Å². The lowest BCUT2D eigenvalue weighted by Crippen LogP contribution is -2.51. The van der Waals surface area contributed by atoms with E-state index in [4.69, 9.17) is 4.74 Å². The molecule has 1 rings (SSSR count). The first-order valence-electron chi connectivity index (χ1n) is 8.09. The summed E-state index contributed by atoms with van der Waals surface area (Å²) in [5.74, 6) is -1.90. The first-order valence-corrected chi connectivity index (χ1v) is 8.09. The van der Waals surface area contributed by atoms with E-state index in [2.05, 4.69) is 4.90 Å². The van der Waals surface area contributed by atoms with Gasteiger partial charge in [0.05, 0.1) is 18.3 Å². The highest BCUT2D eigenvalue weighted by Gasteiger charge is 2.38. The molecule has 1 heterocycles. The van der Waals surface area contributed by atoms with E-state index in [1.165, 1.54) is 0 Å². The number of hydrogen-bond acceptors (Lipinski definition) is 5. The molecule has 0 aromatic carbocycles. The smallest absolute Gasteiger partial charge is 0.389 e. The number of ether oxygens (including phenoxy) is 1. The van der Waals surface area contributed by atoms with Crippen LogP contribution in [0, 0.1) is 0 Å². The largest absolute Gasteiger partial charge is 0.471 e. The van der Waals surface area contributed by atoms with Crippen LogP contribution in [-0.2, 0) is 9.53 Å². The lowest BCUT2D eigenvalue weighted by Gasteiger charge is -2.35. The number of aliphatic hydroxyl groups excluding tert-OH is 1. The fourth-order valence-electron chi connectivity index (χ4n) is 2.32. The summed E-state index contributed by atoms with van der Waals surface area (Å²) in [6, 6.07) is 0. The zero-order chi connectivity index (χ0) is 18.4. The van der Waals surface area contributed by atoms with Gasteiger partial charge in [0.1, 0.15) is 0 Å². The third kappa shape index (κ3) is 8.81. The zero-order valence-corrected chi connectivity index (χ0v) is 14.5. The number of nitrogens with one attached hydrogen (secondary N) is 1. The van der Waals surface area contributed by atoms with Gasteiger partial charge in [-0.15, -0.1) is 0 Å². The Labute approximate surface area is 140 Å². The van der Waals surface area contributed by atoms with E-state index in [1.54, 1.807) is 0 Å². The van der Waals surface area contributed by atoms with Crippen molar-refractivity contribution in [3.63, 3.8) is 0 Å². The fraction of sp³-hybridized carbons (Fsp3) is 0.933. The first-order chi connectivity index (χ1) is 11.0. The molecule has 1 aliphatic rings. The number of halogens is 3. The number of rotatable bonds is 7. The molecule has 1 saturated heterocycles. The molecular weight excluding hydrogens is 327 g/mol. The number of alkyl halides is 3. The molecule has 0 unspecified atom stereocenters. The van der Waals surface area contributed by atoms with Crippen LogP contribution in [0.4, 0.5) is 13.2 Å². The van der Waals surface area contributed by atoms with Crippen molar-refractivity contribution < 1.29 is 27.8 Å². The molecule has 0 spiro atoms. The van der Waals surface area contributed by atoms with Gasteiger partial charge in [0.2, 0.25) is 0 Å². The third-order valence-electron chi connectivity index (χ3n) is 3.61. The van der Waals surface area contributed by atoms with Gasteiger partial charge in [-0.2, -0.15) is 13.2 Å². The normalized spacial score (nSPS) is 19.3. The van der Waals surface area contributed by atoms with Crippen LogP contribution in [-0.4, -0.2) is 91.1 Å². The van der Waals surface area contributed by atoms with Crippen LogP contribution in [0.3, 0.4) is 0 Å². The Hall–Kier alpha value is -0.900. The molecule has 0 radical (unpaired) electrons. The predicted octanol–water partition coefficient (Wildman–Crippen LogP) is 0.459. The molecule has 0 aromatic heterocycles. The maximum Gasteiger partial charge on any atom is 0.471 e. The third-order valence-corrected chi connectivity index (χ3v) is 3.61. The molecule has 1 atom stereocenters. The van der Waals surface area contributed by atoms with Crippen molar-refractivity contribution in [3.8, 4) is 0 Å². The van der Waals surface area contributed by atoms with Gasteiger partial charge in [0, 0.05) is 45.8 Å². The van der Waals surface area contributed by atoms with Gasteiger partial charge in [-0.25, -0.2) is 0 Å². The molecule has 0 saturated carbocycles. The Bertz CT molecular complexity index is 392. The summed E-state index contributed by atoms with van der Waals surface area (Å²) in [5.41, 5.74) is -0.291. The average Bonchev–Trinajstić information content (AvgIpc) is 2.45. The number of carbonyl (C=O) groups excluding carboxylic acids is 1. The molecule has 9 heteroatoms. The number of carbonyl (C=O) groups is 1. The van der Waals surface area contributed by atoms with E-state index < -0.39 is 18.2 Å². The Morgan fingerprint density at radius 1 is 1.17 bits per heavy atom. The van der Waals surface area contributed by atoms with Crippen molar-refractivity contribution >= 4 is 5.91 Å². The summed E-state index contributed by atoms with van der Waals surface area (Å²) in [4.78, 5) is 14.8. The van der Waals surface area contributed by atoms with Crippen molar-refractivity contribution in [2.75, 3.05) is 52.4 Å². The lowest BCUT2D eigenvalue weighted by molar-refractivity contribution is -0.173. The van der Waals surface area contributed by atoms with Gasteiger partial charge in [-0.3, -0.25) is 14.6 Å². The highest BCUT2D eigenvalue weighted by molar-refractivity contribution is 5.81. The number of hydrogen-bond donors (Lipinski definition) is 2. The molecule has 0 bridgehead atoms. The van der Waals surface area contributed by atoms with Crippen molar-refractivity contribution in [1.82, 2.24) is 15.1 Å². The number of β-amino-alcohol motifs (C(OH)–C–C–N with tert-alkyl or cyclic N) is 1. The Balaban J connectivity index is 2.17. The molecular formula is C15H28F3N3O3. The summed E-state index contributed by atoms with van der Waals surface area (Å²) in [7, 11) is 0. The molecule has 1 fully saturated rings. The highest BCUT2D eigenvalue weighted by atomic mass is 19.4.